The van der Waals surface area contributed by atoms with E-state index in [9.17, 15) is 14.7 Å². The van der Waals surface area contributed by atoms with Crippen molar-refractivity contribution in [2.45, 2.75) is 45.9 Å². The number of aromatic carboxylic acids is 1. The van der Waals surface area contributed by atoms with Gasteiger partial charge in [-0.3, -0.25) is 0 Å². The number of fused-ring (bicyclic) bond motifs is 1. The number of benzene rings is 1. The third-order valence-corrected chi connectivity index (χ3v) is 4.36. The molecule has 1 aliphatic heterocycles. The number of amides is 1. The van der Waals surface area contributed by atoms with Gasteiger partial charge in [0.05, 0.1) is 12.1 Å². The number of carboxylic acids is 1. The molecule has 0 bridgehead atoms. The first-order chi connectivity index (χ1) is 12.3. The number of para-hydroxylation sites is 1. The Hall–Kier alpha value is -2.17. The molecule has 9 heteroatoms. The molecule has 27 heavy (non-hydrogen) atoms. The van der Waals surface area contributed by atoms with Crippen LogP contribution in [0.15, 0.2) is 22.6 Å². The molecule has 3 rings (SSSR count). The number of oxazole rings is 1. The smallest absolute Gasteiger partial charge is 0.545 e. The Morgan fingerprint density at radius 3 is 2.44 bits per heavy atom. The largest absolute Gasteiger partial charge is 1.00 e. The van der Waals surface area contributed by atoms with Crippen LogP contribution < -0.4 is 28.9 Å². The fraction of sp³-hybridized carbons (Fsp3) is 0.500. The molecule has 2 atom stereocenters. The van der Waals surface area contributed by atoms with Crippen molar-refractivity contribution in [3.05, 3.63) is 23.8 Å². The molecule has 1 aromatic heterocycles. The number of nitrogens with zero attached hydrogens (tertiary/aromatic N) is 3. The number of carbonyl (C=O) groups is 2. The minimum Gasteiger partial charge on any atom is -0.545 e. The van der Waals surface area contributed by atoms with Gasteiger partial charge < -0.3 is 28.9 Å². The Labute approximate surface area is 169 Å². The van der Waals surface area contributed by atoms with E-state index in [1.807, 2.05) is 32.6 Å². The minimum atomic E-state index is -1.29. The van der Waals surface area contributed by atoms with E-state index in [4.69, 9.17) is 9.15 Å². The van der Waals surface area contributed by atoms with Crippen molar-refractivity contribution >= 4 is 29.2 Å². The number of aromatic nitrogens is 1. The van der Waals surface area contributed by atoms with Crippen LogP contribution in [-0.4, -0.2) is 53.2 Å². The van der Waals surface area contributed by atoms with Crippen molar-refractivity contribution in [2.24, 2.45) is 0 Å². The third-order valence-electron chi connectivity index (χ3n) is 4.36. The first-order valence-corrected chi connectivity index (χ1v) is 8.62. The normalized spacial score (nSPS) is 19.9. The van der Waals surface area contributed by atoms with Crippen molar-refractivity contribution in [3.63, 3.8) is 0 Å². The summed E-state index contributed by atoms with van der Waals surface area (Å²) in [6, 6.07) is 4.90. The van der Waals surface area contributed by atoms with Crippen molar-refractivity contribution in [1.29, 1.82) is 0 Å². The fourth-order valence-electron chi connectivity index (χ4n) is 3.34. The standard InChI is InChI=1S/C18H23N3O5.Li/c1-10(2)25-18(24)20-8-11(3)21(12(4)9-20)17-19-15-13(16(22)23)6-5-7-14(15)26-17;/h5-7,10-12H,8-9H2,1-4H3,(H,22,23);/q;+1/p-1/t11-,12-;/m0./s1. The Balaban J connectivity index is 0.00000261. The van der Waals surface area contributed by atoms with Crippen molar-refractivity contribution in [2.75, 3.05) is 18.0 Å². The first kappa shape index (κ1) is 21.1. The van der Waals surface area contributed by atoms with E-state index in [-0.39, 0.29) is 54.2 Å². The number of hydrogen-bond acceptors (Lipinski definition) is 7. The SMILES string of the molecule is CC(C)OC(=O)N1C[C@H](C)N(c2nc3c(C(=O)[O-])cccc3o2)[C@@H](C)C1.[Li+]. The molecule has 0 spiro atoms. The molecule has 0 saturated carbocycles. The van der Waals surface area contributed by atoms with Gasteiger partial charge in [-0.2, -0.15) is 4.98 Å². The predicted octanol–water partition coefficient (Wildman–Crippen LogP) is -1.36. The number of ether oxygens (including phenoxy) is 1. The molecule has 0 unspecified atom stereocenters. The van der Waals surface area contributed by atoms with Crippen LogP contribution in [0.2, 0.25) is 0 Å². The van der Waals surface area contributed by atoms with Gasteiger partial charge in [0.25, 0.3) is 6.01 Å². The molecule has 0 radical (unpaired) electrons. The van der Waals surface area contributed by atoms with E-state index >= 15 is 0 Å². The third kappa shape index (κ3) is 4.23. The Kier molecular flexibility index (Phi) is 6.45. The van der Waals surface area contributed by atoms with Gasteiger partial charge in [0.1, 0.15) is 5.52 Å². The summed E-state index contributed by atoms with van der Waals surface area (Å²) < 4.78 is 11.1. The quantitative estimate of drug-likeness (QED) is 0.618. The van der Waals surface area contributed by atoms with Crippen LogP contribution in [0, 0.1) is 0 Å². The van der Waals surface area contributed by atoms with Gasteiger partial charge in [-0.1, -0.05) is 12.1 Å². The molecule has 8 nitrogen and oxygen atoms in total. The van der Waals surface area contributed by atoms with Crippen LogP contribution in [0.4, 0.5) is 10.8 Å². The Morgan fingerprint density at radius 1 is 1.26 bits per heavy atom. The van der Waals surface area contributed by atoms with Crippen molar-refractivity contribution in [3.8, 4) is 0 Å². The van der Waals surface area contributed by atoms with Crippen molar-refractivity contribution < 1.29 is 42.7 Å². The van der Waals surface area contributed by atoms with E-state index in [0.29, 0.717) is 24.7 Å². The van der Waals surface area contributed by atoms with E-state index in [2.05, 4.69) is 4.98 Å². The van der Waals surface area contributed by atoms with Crippen molar-refractivity contribution in [1.82, 2.24) is 9.88 Å². The molecule has 140 valence electrons. The minimum absolute atomic E-state index is 0. The maximum absolute atomic E-state index is 12.2. The zero-order valence-corrected chi connectivity index (χ0v) is 16.3. The maximum atomic E-state index is 12.2. The number of piperazine rings is 1. The van der Waals surface area contributed by atoms with Gasteiger partial charge in [0, 0.05) is 30.7 Å². The number of carbonyl (C=O) groups excluding carboxylic acids is 2. The zero-order chi connectivity index (χ0) is 19.0. The number of carboxylic acid groups (broad SMARTS) is 1. The molecule has 1 aliphatic rings. The zero-order valence-electron chi connectivity index (χ0n) is 16.3. The molecule has 1 amide bonds. The summed E-state index contributed by atoms with van der Waals surface area (Å²) in [5, 5.41) is 11.3. The molecular formula is C18H22LiN3O5. The summed E-state index contributed by atoms with van der Waals surface area (Å²) >= 11 is 0. The summed E-state index contributed by atoms with van der Waals surface area (Å²) in [5.74, 6) is -1.29. The molecule has 0 aliphatic carbocycles. The van der Waals surface area contributed by atoms with Crippen LogP contribution in [0.3, 0.4) is 0 Å². The summed E-state index contributed by atoms with van der Waals surface area (Å²) in [5.41, 5.74) is 0.656. The monoisotopic (exact) mass is 367 g/mol. The van der Waals surface area contributed by atoms with Crippen LogP contribution in [0.25, 0.3) is 11.1 Å². The van der Waals surface area contributed by atoms with E-state index in [0.717, 1.165) is 0 Å². The second kappa shape index (κ2) is 8.24. The van der Waals surface area contributed by atoms with Gasteiger partial charge >= 0.3 is 25.0 Å². The Morgan fingerprint density at radius 2 is 1.89 bits per heavy atom. The summed E-state index contributed by atoms with van der Waals surface area (Å²) in [6.07, 6.45) is -0.513. The molecular weight excluding hydrogens is 345 g/mol. The van der Waals surface area contributed by atoms with Crippen LogP contribution >= 0.6 is 0 Å². The van der Waals surface area contributed by atoms with E-state index < -0.39 is 5.97 Å². The van der Waals surface area contributed by atoms with Gasteiger partial charge in [-0.25, -0.2) is 4.79 Å². The number of rotatable bonds is 3. The van der Waals surface area contributed by atoms with E-state index in [1.165, 1.54) is 6.07 Å². The predicted molar refractivity (Wildman–Crippen MR) is 92.9 cm³/mol. The average molecular weight is 367 g/mol. The maximum Gasteiger partial charge on any atom is 1.00 e. The summed E-state index contributed by atoms with van der Waals surface area (Å²) in [4.78, 5) is 31.5. The second-order valence-corrected chi connectivity index (χ2v) is 6.88. The molecule has 0 N–H and O–H groups in total. The average Bonchev–Trinajstić information content (AvgIpc) is 2.96. The fourth-order valence-corrected chi connectivity index (χ4v) is 3.34. The summed E-state index contributed by atoms with van der Waals surface area (Å²) in [6.45, 7) is 8.46. The number of hydrogen-bond donors (Lipinski definition) is 0. The van der Waals surface area contributed by atoms with Gasteiger partial charge in [0.15, 0.2) is 5.58 Å². The molecule has 2 aromatic rings. The topological polar surface area (TPSA) is 98.9 Å². The molecule has 1 aromatic carbocycles. The summed E-state index contributed by atoms with van der Waals surface area (Å²) in [7, 11) is 0. The van der Waals surface area contributed by atoms with Gasteiger partial charge in [-0.05, 0) is 33.8 Å². The van der Waals surface area contributed by atoms with Crippen LogP contribution in [0.1, 0.15) is 38.1 Å². The van der Waals surface area contributed by atoms with E-state index in [1.54, 1.807) is 17.0 Å². The first-order valence-electron chi connectivity index (χ1n) is 8.62. The van der Waals surface area contributed by atoms with Gasteiger partial charge in [-0.15, -0.1) is 0 Å². The number of anilines is 1. The second-order valence-electron chi connectivity index (χ2n) is 6.88. The molecule has 1 fully saturated rings. The van der Waals surface area contributed by atoms with Gasteiger partial charge in [0.2, 0.25) is 0 Å². The molecule has 2 heterocycles. The van der Waals surface area contributed by atoms with Crippen LogP contribution in [0.5, 0.6) is 0 Å². The Bertz CT molecular complexity index is 826. The van der Waals surface area contributed by atoms with Crippen LogP contribution in [-0.2, 0) is 4.74 Å². The molecule has 1 saturated heterocycles.